The van der Waals surface area contributed by atoms with Crippen LogP contribution >= 0.6 is 0 Å². The third-order valence-corrected chi connectivity index (χ3v) is 19.7. The fourth-order valence-corrected chi connectivity index (χ4v) is 6.60. The van der Waals surface area contributed by atoms with Crippen LogP contribution in [0.5, 0.6) is 5.75 Å². The van der Waals surface area contributed by atoms with Crippen LogP contribution < -0.4 is 4.74 Å². The first-order valence-corrected chi connectivity index (χ1v) is 22.7. The maximum Gasteiger partial charge on any atom is 0.192 e. The first kappa shape index (κ1) is 40.8. The molecule has 0 aliphatic carbocycles. The van der Waals surface area contributed by atoms with Crippen LogP contribution in [-0.2, 0) is 20.2 Å². The zero-order valence-electron chi connectivity index (χ0n) is 31.5. The van der Waals surface area contributed by atoms with Gasteiger partial charge >= 0.3 is 0 Å². The fourth-order valence-electron chi connectivity index (χ4n) is 4.41. The summed E-state index contributed by atoms with van der Waals surface area (Å²) in [5, 5.41) is 0.454. The van der Waals surface area contributed by atoms with Crippen molar-refractivity contribution in [3.05, 3.63) is 53.1 Å². The Morgan fingerprint density at radius 2 is 1.34 bits per heavy atom. The molecule has 0 fully saturated rings. The lowest BCUT2D eigenvalue weighted by atomic mass is 9.73. The highest BCUT2D eigenvalue weighted by Gasteiger charge is 2.41. The van der Waals surface area contributed by atoms with Crippen LogP contribution in [0.2, 0.25) is 36.3 Å². The maximum absolute atomic E-state index is 6.87. The molecule has 0 bridgehead atoms. The van der Waals surface area contributed by atoms with Gasteiger partial charge in [-0.05, 0) is 111 Å². The lowest BCUT2D eigenvalue weighted by molar-refractivity contribution is 0.0696. The molecule has 0 amide bonds. The molecular formula is C38H70O4Si2. The van der Waals surface area contributed by atoms with Crippen LogP contribution in [0.1, 0.15) is 107 Å². The molecule has 0 radical (unpaired) electrons. The number of ether oxygens (including phenoxy) is 2. The van der Waals surface area contributed by atoms with Crippen molar-refractivity contribution in [1.82, 2.24) is 0 Å². The summed E-state index contributed by atoms with van der Waals surface area (Å²) in [5.74, 6) is 1.39. The van der Waals surface area contributed by atoms with E-state index in [-0.39, 0.29) is 15.5 Å². The molecule has 0 N–H and O–H groups in total. The number of hydrogen-bond donors (Lipinski definition) is 0. The van der Waals surface area contributed by atoms with E-state index in [4.69, 9.17) is 18.3 Å². The molecule has 0 unspecified atom stereocenters. The largest absolute Gasteiger partial charge is 0.497 e. The van der Waals surface area contributed by atoms with Gasteiger partial charge in [0.15, 0.2) is 16.6 Å². The van der Waals surface area contributed by atoms with Gasteiger partial charge in [0, 0.05) is 13.2 Å². The summed E-state index contributed by atoms with van der Waals surface area (Å²) < 4.78 is 24.6. The monoisotopic (exact) mass is 646 g/mol. The summed E-state index contributed by atoms with van der Waals surface area (Å²) in [4.78, 5) is 0. The van der Waals surface area contributed by atoms with Crippen LogP contribution in [-0.4, -0.2) is 43.6 Å². The van der Waals surface area contributed by atoms with E-state index in [9.17, 15) is 0 Å². The van der Waals surface area contributed by atoms with Crippen molar-refractivity contribution in [2.75, 3.05) is 26.9 Å². The molecular weight excluding hydrogens is 577 g/mol. The quantitative estimate of drug-likeness (QED) is 0.0851. The molecule has 0 saturated heterocycles. The van der Waals surface area contributed by atoms with E-state index in [1.54, 1.807) is 7.11 Å². The molecule has 254 valence electrons. The predicted octanol–water partition coefficient (Wildman–Crippen LogP) is 11.7. The maximum atomic E-state index is 6.87. The molecule has 0 aliphatic heterocycles. The molecule has 2 atom stereocenters. The Morgan fingerprint density at radius 1 is 0.795 bits per heavy atom. The van der Waals surface area contributed by atoms with Crippen LogP contribution in [0.4, 0.5) is 0 Å². The van der Waals surface area contributed by atoms with E-state index in [0.717, 1.165) is 56.6 Å². The standard InChI is InChI=1S/C38H70O4Si2/c1-31(17-16-18-32(2)24-27-40-29-34-19-21-35(39-11)22-20-34)23-26-38(10,30-42-44(14,15)37(7,8)9)33(3)25-28-41-43(12,13)36(4,5)6/h17,19-22,24,33H,16,18,23,25-30H2,1-15H3/b31-17+,32-24-/t33-,38-/m1/s1. The van der Waals surface area contributed by atoms with Crippen LogP contribution in [0.25, 0.3) is 0 Å². The molecule has 0 aliphatic rings. The van der Waals surface area contributed by atoms with E-state index < -0.39 is 16.6 Å². The Morgan fingerprint density at radius 3 is 1.89 bits per heavy atom. The third-order valence-electron chi connectivity index (χ3n) is 10.7. The number of hydrogen-bond acceptors (Lipinski definition) is 4. The minimum atomic E-state index is -1.83. The lowest BCUT2D eigenvalue weighted by Crippen LogP contribution is -2.45. The Bertz CT molecular complexity index is 1030. The average Bonchev–Trinajstić information content (AvgIpc) is 2.92. The van der Waals surface area contributed by atoms with Gasteiger partial charge in [0.25, 0.3) is 0 Å². The molecule has 6 heteroatoms. The van der Waals surface area contributed by atoms with Crippen molar-refractivity contribution in [2.24, 2.45) is 11.3 Å². The zero-order chi connectivity index (χ0) is 33.8. The van der Waals surface area contributed by atoms with Gasteiger partial charge in [-0.3, -0.25) is 0 Å². The van der Waals surface area contributed by atoms with Crippen LogP contribution in [0.15, 0.2) is 47.6 Å². The van der Waals surface area contributed by atoms with Crippen LogP contribution in [0.3, 0.4) is 0 Å². The molecule has 1 aromatic carbocycles. The van der Waals surface area contributed by atoms with E-state index in [1.807, 2.05) is 12.1 Å². The predicted molar refractivity (Wildman–Crippen MR) is 197 cm³/mol. The number of rotatable bonds is 19. The number of allylic oxidation sites excluding steroid dienone is 3. The first-order valence-electron chi connectivity index (χ1n) is 16.9. The highest BCUT2D eigenvalue weighted by atomic mass is 28.4. The summed E-state index contributed by atoms with van der Waals surface area (Å²) in [7, 11) is -1.89. The summed E-state index contributed by atoms with van der Waals surface area (Å²) in [5.41, 5.74) is 4.14. The second-order valence-electron chi connectivity index (χ2n) is 16.5. The third kappa shape index (κ3) is 14.1. The summed E-state index contributed by atoms with van der Waals surface area (Å²) in [6.07, 6.45) is 10.1. The zero-order valence-corrected chi connectivity index (χ0v) is 33.5. The van der Waals surface area contributed by atoms with Gasteiger partial charge < -0.3 is 18.3 Å². The molecule has 44 heavy (non-hydrogen) atoms. The van der Waals surface area contributed by atoms with Crippen molar-refractivity contribution >= 4 is 16.6 Å². The molecule has 0 aromatic heterocycles. The molecule has 0 spiro atoms. The summed E-state index contributed by atoms with van der Waals surface area (Å²) in [6, 6.07) is 8.06. The Labute approximate surface area is 275 Å². The Balaban J connectivity index is 2.72. The Kier molecular flexibility index (Phi) is 16.4. The number of methoxy groups -OCH3 is 1. The average molecular weight is 647 g/mol. The highest BCUT2D eigenvalue weighted by Crippen LogP contribution is 2.42. The van der Waals surface area contributed by atoms with E-state index in [1.165, 1.54) is 11.1 Å². The fraction of sp³-hybridized carbons (Fsp3) is 0.737. The number of benzene rings is 1. The van der Waals surface area contributed by atoms with Gasteiger partial charge in [0.2, 0.25) is 0 Å². The molecule has 1 aromatic rings. The smallest absolute Gasteiger partial charge is 0.192 e. The highest BCUT2D eigenvalue weighted by molar-refractivity contribution is 6.74. The second-order valence-corrected chi connectivity index (χ2v) is 26.1. The van der Waals surface area contributed by atoms with Crippen molar-refractivity contribution in [3.8, 4) is 5.75 Å². The minimum Gasteiger partial charge on any atom is -0.497 e. The van der Waals surface area contributed by atoms with Crippen molar-refractivity contribution in [3.63, 3.8) is 0 Å². The van der Waals surface area contributed by atoms with Crippen molar-refractivity contribution in [1.29, 1.82) is 0 Å². The van der Waals surface area contributed by atoms with E-state index in [2.05, 4.69) is 120 Å². The van der Waals surface area contributed by atoms with Gasteiger partial charge in [0.1, 0.15) is 5.75 Å². The molecule has 0 heterocycles. The summed E-state index contributed by atoms with van der Waals surface area (Å²) >= 11 is 0. The summed E-state index contributed by atoms with van der Waals surface area (Å²) in [6.45, 7) is 35.8. The van der Waals surface area contributed by atoms with Gasteiger partial charge in [-0.25, -0.2) is 0 Å². The van der Waals surface area contributed by atoms with Gasteiger partial charge in [-0.1, -0.05) is 90.8 Å². The topological polar surface area (TPSA) is 36.9 Å². The van der Waals surface area contributed by atoms with E-state index >= 15 is 0 Å². The molecule has 0 saturated carbocycles. The minimum absolute atomic E-state index is 0.110. The van der Waals surface area contributed by atoms with Crippen molar-refractivity contribution in [2.45, 2.75) is 144 Å². The van der Waals surface area contributed by atoms with Crippen LogP contribution in [0, 0.1) is 11.3 Å². The van der Waals surface area contributed by atoms with Gasteiger partial charge in [0.05, 0.1) is 20.3 Å². The molecule has 4 nitrogen and oxygen atoms in total. The SMILES string of the molecule is COc1ccc(COC/C=C(/C)CC/C=C(\C)CC[C@](C)(CO[Si](C)(C)C(C)(C)C)[C@H](C)CCO[Si](C)(C)C(C)(C)C)cc1. The normalized spacial score (nSPS) is 16.2. The lowest BCUT2D eigenvalue weighted by Gasteiger charge is -2.43. The van der Waals surface area contributed by atoms with E-state index in [0.29, 0.717) is 19.1 Å². The Hall–Kier alpha value is -1.19. The van der Waals surface area contributed by atoms with Crippen molar-refractivity contribution < 1.29 is 18.3 Å². The molecule has 1 rings (SSSR count). The van der Waals surface area contributed by atoms with Gasteiger partial charge in [-0.15, -0.1) is 0 Å². The second kappa shape index (κ2) is 17.7. The van der Waals surface area contributed by atoms with Gasteiger partial charge in [-0.2, -0.15) is 0 Å². The first-order chi connectivity index (χ1) is 20.1.